The molecule has 0 aromatic heterocycles. The van der Waals surface area contributed by atoms with E-state index in [9.17, 15) is 14.7 Å². The van der Waals surface area contributed by atoms with Crippen molar-refractivity contribution in [1.29, 1.82) is 0 Å². The Kier molecular flexibility index (Phi) is 6.15. The lowest BCUT2D eigenvalue weighted by Gasteiger charge is -2.23. The van der Waals surface area contributed by atoms with Crippen LogP contribution in [0.15, 0.2) is 12.1 Å². The summed E-state index contributed by atoms with van der Waals surface area (Å²) < 4.78 is 5.20. The van der Waals surface area contributed by atoms with E-state index in [0.29, 0.717) is 12.0 Å². The Morgan fingerprint density at radius 3 is 2.17 bits per heavy atom. The third kappa shape index (κ3) is 5.90. The molecule has 0 saturated carbocycles. The number of aliphatic hydroxyl groups is 1. The highest BCUT2D eigenvalue weighted by atomic mass is 16.6. The van der Waals surface area contributed by atoms with Crippen LogP contribution in [0.25, 0.3) is 0 Å². The molecular weight excluding hydrogens is 296 g/mol. The smallest absolute Gasteiger partial charge is 0.407 e. The Morgan fingerprint density at radius 2 is 1.78 bits per heavy atom. The first kappa shape index (κ1) is 19.0. The van der Waals surface area contributed by atoms with Crippen molar-refractivity contribution in [3.8, 4) is 0 Å². The van der Waals surface area contributed by atoms with Gasteiger partial charge in [-0.2, -0.15) is 0 Å². The number of amides is 2. The van der Waals surface area contributed by atoms with Gasteiger partial charge in [-0.05, 0) is 69.9 Å². The molecule has 0 bridgehead atoms. The molecule has 4 N–H and O–H groups in total. The first-order valence-electron chi connectivity index (χ1n) is 7.53. The lowest BCUT2D eigenvalue weighted by Crippen LogP contribution is -2.42. The number of rotatable bonds is 5. The van der Waals surface area contributed by atoms with Crippen LogP contribution in [0, 0.1) is 13.8 Å². The van der Waals surface area contributed by atoms with Gasteiger partial charge in [0, 0.05) is 5.56 Å². The number of aryl methyl sites for hydroxylation is 2. The fourth-order valence-corrected chi connectivity index (χ4v) is 2.34. The number of carbonyl (C=O) groups excluding carboxylic acids is 2. The highest BCUT2D eigenvalue weighted by Gasteiger charge is 2.20. The number of nitrogens with one attached hydrogen (secondary N) is 1. The quantitative estimate of drug-likeness (QED) is 0.769. The van der Waals surface area contributed by atoms with E-state index in [1.54, 1.807) is 32.9 Å². The first-order valence-corrected chi connectivity index (χ1v) is 7.53. The van der Waals surface area contributed by atoms with E-state index in [2.05, 4.69) is 5.32 Å². The van der Waals surface area contributed by atoms with Crippen LogP contribution in [0.3, 0.4) is 0 Å². The average Bonchev–Trinajstić information content (AvgIpc) is 2.38. The predicted molar refractivity (Wildman–Crippen MR) is 88.4 cm³/mol. The van der Waals surface area contributed by atoms with Crippen molar-refractivity contribution in [2.24, 2.45) is 5.73 Å². The van der Waals surface area contributed by atoms with Crippen LogP contribution in [0.5, 0.6) is 0 Å². The molecule has 6 nitrogen and oxygen atoms in total. The number of ether oxygens (including phenoxy) is 1. The molecule has 1 rings (SSSR count). The van der Waals surface area contributed by atoms with Crippen molar-refractivity contribution in [3.63, 3.8) is 0 Å². The molecule has 0 aliphatic heterocycles. The minimum absolute atomic E-state index is 0.213. The molecule has 0 spiro atoms. The maximum atomic E-state index is 11.8. The summed E-state index contributed by atoms with van der Waals surface area (Å²) in [5, 5.41) is 12.2. The standard InChI is InChI=1S/C17H26N2O4/c1-10-6-12(15(18)21)7-11(2)14(10)8-13(9-20)19-16(22)23-17(3,4)5/h6-7,13,20H,8-9H2,1-5H3,(H2,18,21)(H,19,22)/t13-/m0/s1. The Balaban J connectivity index is 2.88. The summed E-state index contributed by atoms with van der Waals surface area (Å²) in [7, 11) is 0. The van der Waals surface area contributed by atoms with Crippen LogP contribution >= 0.6 is 0 Å². The van der Waals surface area contributed by atoms with E-state index in [4.69, 9.17) is 10.5 Å². The lowest BCUT2D eigenvalue weighted by atomic mass is 9.94. The number of benzene rings is 1. The molecule has 0 aliphatic rings. The van der Waals surface area contributed by atoms with Crippen LogP contribution in [0.1, 0.15) is 47.8 Å². The van der Waals surface area contributed by atoms with Gasteiger partial charge in [0.15, 0.2) is 0 Å². The number of nitrogens with two attached hydrogens (primary N) is 1. The SMILES string of the molecule is Cc1cc(C(N)=O)cc(C)c1C[C@@H](CO)NC(=O)OC(C)(C)C. The van der Waals surface area contributed by atoms with Crippen LogP contribution in [-0.4, -0.2) is 35.4 Å². The van der Waals surface area contributed by atoms with Crippen LogP contribution in [0.2, 0.25) is 0 Å². The van der Waals surface area contributed by atoms with Gasteiger partial charge >= 0.3 is 6.09 Å². The van der Waals surface area contributed by atoms with Gasteiger partial charge in [-0.25, -0.2) is 4.79 Å². The van der Waals surface area contributed by atoms with Crippen molar-refractivity contribution in [2.45, 2.75) is 52.7 Å². The molecule has 0 fully saturated rings. The van der Waals surface area contributed by atoms with Crippen LogP contribution in [0.4, 0.5) is 4.79 Å². The maximum absolute atomic E-state index is 11.8. The predicted octanol–water partition coefficient (Wildman–Crippen LogP) is 1.83. The van der Waals surface area contributed by atoms with Gasteiger partial charge in [0.2, 0.25) is 5.91 Å². The van der Waals surface area contributed by atoms with Gasteiger partial charge in [0.1, 0.15) is 5.60 Å². The van der Waals surface area contributed by atoms with Crippen molar-refractivity contribution >= 4 is 12.0 Å². The number of hydrogen-bond acceptors (Lipinski definition) is 4. The maximum Gasteiger partial charge on any atom is 0.407 e. The van der Waals surface area contributed by atoms with Gasteiger partial charge in [0.25, 0.3) is 0 Å². The second kappa shape index (κ2) is 7.46. The molecule has 128 valence electrons. The minimum Gasteiger partial charge on any atom is -0.444 e. The molecule has 1 aromatic rings. The number of alkyl carbamates (subject to hydrolysis) is 1. The molecule has 0 radical (unpaired) electrons. The van der Waals surface area contributed by atoms with E-state index < -0.39 is 23.6 Å². The Bertz CT molecular complexity index is 568. The molecule has 1 aromatic carbocycles. The van der Waals surface area contributed by atoms with E-state index in [0.717, 1.165) is 16.7 Å². The molecule has 2 amide bonds. The zero-order chi connectivity index (χ0) is 17.8. The zero-order valence-corrected chi connectivity index (χ0v) is 14.4. The monoisotopic (exact) mass is 322 g/mol. The second-order valence-electron chi connectivity index (χ2n) is 6.68. The molecule has 0 aliphatic carbocycles. The van der Waals surface area contributed by atoms with Gasteiger partial charge in [-0.1, -0.05) is 0 Å². The van der Waals surface area contributed by atoms with Gasteiger partial charge in [-0.15, -0.1) is 0 Å². The molecular formula is C17H26N2O4. The summed E-state index contributed by atoms with van der Waals surface area (Å²) in [4.78, 5) is 23.1. The number of carbonyl (C=O) groups is 2. The largest absolute Gasteiger partial charge is 0.444 e. The molecule has 6 heteroatoms. The van der Waals surface area contributed by atoms with E-state index in [1.807, 2.05) is 13.8 Å². The molecule has 0 saturated heterocycles. The topological polar surface area (TPSA) is 102 Å². The zero-order valence-electron chi connectivity index (χ0n) is 14.4. The fourth-order valence-electron chi connectivity index (χ4n) is 2.34. The summed E-state index contributed by atoms with van der Waals surface area (Å²) in [6.07, 6.45) is -0.132. The van der Waals surface area contributed by atoms with E-state index >= 15 is 0 Å². The van der Waals surface area contributed by atoms with Gasteiger partial charge in [-0.3, -0.25) is 4.79 Å². The molecule has 0 unspecified atom stereocenters. The molecule has 1 atom stereocenters. The van der Waals surface area contributed by atoms with Crippen molar-refractivity contribution < 1.29 is 19.4 Å². The number of aliphatic hydroxyl groups excluding tert-OH is 1. The van der Waals surface area contributed by atoms with E-state index in [-0.39, 0.29) is 6.61 Å². The summed E-state index contributed by atoms with van der Waals surface area (Å²) in [5.41, 5.74) is 7.90. The van der Waals surface area contributed by atoms with E-state index in [1.165, 1.54) is 0 Å². The summed E-state index contributed by atoms with van der Waals surface area (Å²) in [6.45, 7) is 8.86. The van der Waals surface area contributed by atoms with Crippen molar-refractivity contribution in [3.05, 3.63) is 34.4 Å². The third-order valence-corrected chi connectivity index (χ3v) is 3.37. The van der Waals surface area contributed by atoms with Gasteiger partial charge in [0.05, 0.1) is 12.6 Å². The average molecular weight is 322 g/mol. The highest BCUT2D eigenvalue weighted by Crippen LogP contribution is 2.19. The van der Waals surface area contributed by atoms with Gasteiger partial charge < -0.3 is 20.9 Å². The molecule has 0 heterocycles. The Morgan fingerprint density at radius 1 is 1.26 bits per heavy atom. The summed E-state index contributed by atoms with van der Waals surface area (Å²) >= 11 is 0. The van der Waals surface area contributed by atoms with Crippen LogP contribution < -0.4 is 11.1 Å². The van der Waals surface area contributed by atoms with Crippen molar-refractivity contribution in [1.82, 2.24) is 5.32 Å². The Hall–Kier alpha value is -2.08. The van der Waals surface area contributed by atoms with Crippen LogP contribution in [-0.2, 0) is 11.2 Å². The normalized spacial score (nSPS) is 12.6. The number of primary amides is 1. The first-order chi connectivity index (χ1) is 10.5. The lowest BCUT2D eigenvalue weighted by molar-refractivity contribution is 0.0482. The fraction of sp³-hybridized carbons (Fsp3) is 0.529. The molecule has 23 heavy (non-hydrogen) atoms. The minimum atomic E-state index is -0.598. The summed E-state index contributed by atoms with van der Waals surface area (Å²) in [5.74, 6) is -0.478. The Labute approximate surface area is 137 Å². The summed E-state index contributed by atoms with van der Waals surface area (Å²) in [6, 6.07) is 2.96. The highest BCUT2D eigenvalue weighted by molar-refractivity contribution is 5.93. The third-order valence-electron chi connectivity index (χ3n) is 3.37. The van der Waals surface area contributed by atoms with Crippen molar-refractivity contribution in [2.75, 3.05) is 6.61 Å². The second-order valence-corrected chi connectivity index (χ2v) is 6.68. The number of hydrogen-bond donors (Lipinski definition) is 3.